The highest BCUT2D eigenvalue weighted by Gasteiger charge is 2.24. The number of amides is 1. The molecule has 0 bridgehead atoms. The van der Waals surface area contributed by atoms with E-state index in [1.807, 2.05) is 11.0 Å². The van der Waals surface area contributed by atoms with Gasteiger partial charge < -0.3 is 15.0 Å². The minimum atomic E-state index is -0.746. The summed E-state index contributed by atoms with van der Waals surface area (Å²) in [5, 5.41) is 12.0. The standard InChI is InChI=1S/C24H19F3N4O2/c25-16-3-6-23(19(27)12-16)33-18-7-9-31(10-8-18)22-5-1-15(13-28)11-21(22)30-24(32)20-4-2-17(26)14-29-20/h1-6,11-12,14,18H,7-10H2,(H,30,32). The van der Waals surface area contributed by atoms with Gasteiger partial charge in [0.25, 0.3) is 5.91 Å². The summed E-state index contributed by atoms with van der Waals surface area (Å²) in [6.07, 6.45) is 1.85. The van der Waals surface area contributed by atoms with Crippen LogP contribution in [0.2, 0.25) is 0 Å². The minimum Gasteiger partial charge on any atom is -0.487 e. The number of carbonyl (C=O) groups excluding carboxylic acids is 1. The number of nitrogens with zero attached hydrogens (tertiary/aromatic N) is 3. The summed E-state index contributed by atoms with van der Waals surface area (Å²) in [5.74, 6) is -2.49. The van der Waals surface area contributed by atoms with Crippen LogP contribution in [0.5, 0.6) is 5.75 Å². The number of halogens is 3. The van der Waals surface area contributed by atoms with Crippen molar-refractivity contribution in [2.45, 2.75) is 18.9 Å². The maximum atomic E-state index is 13.9. The van der Waals surface area contributed by atoms with Gasteiger partial charge in [0.2, 0.25) is 0 Å². The van der Waals surface area contributed by atoms with Crippen LogP contribution in [0.4, 0.5) is 24.5 Å². The second-order valence-corrected chi connectivity index (χ2v) is 7.54. The molecule has 0 aliphatic carbocycles. The number of hydrogen-bond acceptors (Lipinski definition) is 5. The minimum absolute atomic E-state index is 0.00738. The highest BCUT2D eigenvalue weighted by molar-refractivity contribution is 6.04. The Labute approximate surface area is 188 Å². The van der Waals surface area contributed by atoms with Crippen molar-refractivity contribution in [2.24, 2.45) is 0 Å². The Morgan fingerprint density at radius 2 is 1.82 bits per heavy atom. The number of aromatic nitrogens is 1. The fourth-order valence-corrected chi connectivity index (χ4v) is 3.64. The molecule has 3 aromatic rings. The first-order valence-electron chi connectivity index (χ1n) is 10.3. The monoisotopic (exact) mass is 452 g/mol. The van der Waals surface area contributed by atoms with E-state index in [-0.39, 0.29) is 17.5 Å². The van der Waals surface area contributed by atoms with E-state index >= 15 is 0 Å². The van der Waals surface area contributed by atoms with E-state index in [9.17, 15) is 23.2 Å². The van der Waals surface area contributed by atoms with Crippen LogP contribution in [0.15, 0.2) is 54.7 Å². The molecule has 9 heteroatoms. The zero-order valence-electron chi connectivity index (χ0n) is 17.4. The Balaban J connectivity index is 1.47. The molecule has 6 nitrogen and oxygen atoms in total. The molecule has 0 atom stereocenters. The van der Waals surface area contributed by atoms with Crippen molar-refractivity contribution in [2.75, 3.05) is 23.3 Å². The van der Waals surface area contributed by atoms with Crippen LogP contribution in [0.3, 0.4) is 0 Å². The van der Waals surface area contributed by atoms with Gasteiger partial charge >= 0.3 is 0 Å². The van der Waals surface area contributed by atoms with Gasteiger partial charge in [-0.1, -0.05) is 0 Å². The number of benzene rings is 2. The van der Waals surface area contributed by atoms with Crippen LogP contribution >= 0.6 is 0 Å². The van der Waals surface area contributed by atoms with Gasteiger partial charge in [-0.2, -0.15) is 5.26 Å². The zero-order chi connectivity index (χ0) is 23.4. The molecule has 1 amide bonds. The molecule has 0 unspecified atom stereocenters. The molecule has 1 N–H and O–H groups in total. The van der Waals surface area contributed by atoms with E-state index in [0.29, 0.717) is 42.9 Å². The SMILES string of the molecule is N#Cc1ccc(N2CCC(Oc3ccc(F)cc3F)CC2)c(NC(=O)c2ccc(F)cn2)c1. The summed E-state index contributed by atoms with van der Waals surface area (Å²) < 4.78 is 45.8. The Morgan fingerprint density at radius 3 is 2.48 bits per heavy atom. The molecule has 1 aromatic heterocycles. The second-order valence-electron chi connectivity index (χ2n) is 7.54. The number of anilines is 2. The number of ether oxygens (including phenoxy) is 1. The van der Waals surface area contributed by atoms with Crippen LogP contribution in [0.25, 0.3) is 0 Å². The number of piperidine rings is 1. The van der Waals surface area contributed by atoms with Gasteiger partial charge in [-0.15, -0.1) is 0 Å². The van der Waals surface area contributed by atoms with Crippen molar-refractivity contribution >= 4 is 17.3 Å². The quantitative estimate of drug-likeness (QED) is 0.609. The van der Waals surface area contributed by atoms with E-state index in [1.54, 1.807) is 18.2 Å². The lowest BCUT2D eigenvalue weighted by molar-refractivity contribution is 0.102. The number of nitrogens with one attached hydrogen (secondary N) is 1. The second kappa shape index (κ2) is 9.61. The highest BCUT2D eigenvalue weighted by atomic mass is 19.1. The number of rotatable bonds is 5. The van der Waals surface area contributed by atoms with E-state index in [2.05, 4.69) is 10.3 Å². The van der Waals surface area contributed by atoms with Crippen molar-refractivity contribution in [3.63, 3.8) is 0 Å². The largest absolute Gasteiger partial charge is 0.487 e. The van der Waals surface area contributed by atoms with Crippen molar-refractivity contribution in [3.05, 3.63) is 83.4 Å². The van der Waals surface area contributed by atoms with Crippen molar-refractivity contribution in [1.29, 1.82) is 5.26 Å². The molecule has 4 rings (SSSR count). The summed E-state index contributed by atoms with van der Waals surface area (Å²) in [7, 11) is 0. The molecule has 33 heavy (non-hydrogen) atoms. The predicted molar refractivity (Wildman–Crippen MR) is 116 cm³/mol. The van der Waals surface area contributed by atoms with Gasteiger partial charge in [0, 0.05) is 32.0 Å². The van der Waals surface area contributed by atoms with Gasteiger partial charge in [0.1, 0.15) is 23.4 Å². The van der Waals surface area contributed by atoms with Gasteiger partial charge in [-0.05, 0) is 42.5 Å². The summed E-state index contributed by atoms with van der Waals surface area (Å²) in [5.41, 5.74) is 1.54. The normalized spacial score (nSPS) is 13.9. The summed E-state index contributed by atoms with van der Waals surface area (Å²) >= 11 is 0. The predicted octanol–water partition coefficient (Wildman–Crippen LogP) is 4.67. The molecule has 0 radical (unpaired) electrons. The van der Waals surface area contributed by atoms with Crippen LogP contribution in [0, 0.1) is 28.8 Å². The number of hydrogen-bond donors (Lipinski definition) is 1. The van der Waals surface area contributed by atoms with E-state index in [1.165, 1.54) is 12.1 Å². The van der Waals surface area contributed by atoms with Crippen molar-refractivity contribution in [3.8, 4) is 11.8 Å². The summed E-state index contributed by atoms with van der Waals surface area (Å²) in [4.78, 5) is 18.4. The first kappa shape index (κ1) is 22.1. The fraction of sp³-hybridized carbons (Fsp3) is 0.208. The third kappa shape index (κ3) is 5.23. The van der Waals surface area contributed by atoms with Gasteiger partial charge in [-0.3, -0.25) is 4.79 Å². The molecule has 1 fully saturated rings. The van der Waals surface area contributed by atoms with Crippen molar-refractivity contribution < 1.29 is 22.7 Å². The topological polar surface area (TPSA) is 78.3 Å². The number of nitriles is 1. The van der Waals surface area contributed by atoms with Crippen molar-refractivity contribution in [1.82, 2.24) is 4.98 Å². The van der Waals surface area contributed by atoms with Crippen LogP contribution < -0.4 is 15.0 Å². The van der Waals surface area contributed by atoms with Crippen LogP contribution in [-0.2, 0) is 0 Å². The lowest BCUT2D eigenvalue weighted by Crippen LogP contribution is -2.38. The molecule has 0 spiro atoms. The van der Waals surface area contributed by atoms with Crippen LogP contribution in [-0.4, -0.2) is 30.1 Å². The molecule has 1 saturated heterocycles. The summed E-state index contributed by atoms with van der Waals surface area (Å²) in [6.45, 7) is 1.11. The molecule has 168 valence electrons. The van der Waals surface area contributed by atoms with E-state index < -0.39 is 23.4 Å². The third-order valence-electron chi connectivity index (χ3n) is 5.30. The number of pyridine rings is 1. The van der Waals surface area contributed by atoms with Gasteiger partial charge in [-0.25, -0.2) is 18.2 Å². The summed E-state index contributed by atoms with van der Waals surface area (Å²) in [6, 6.07) is 12.6. The average Bonchev–Trinajstić information content (AvgIpc) is 2.82. The lowest BCUT2D eigenvalue weighted by Gasteiger charge is -2.34. The number of carbonyl (C=O) groups is 1. The Hall–Kier alpha value is -4.06. The van der Waals surface area contributed by atoms with Crippen LogP contribution in [0.1, 0.15) is 28.9 Å². The Kier molecular flexibility index (Phi) is 6.45. The molecule has 2 aromatic carbocycles. The maximum Gasteiger partial charge on any atom is 0.274 e. The molecule has 0 saturated carbocycles. The fourth-order valence-electron chi connectivity index (χ4n) is 3.64. The molecule has 2 heterocycles. The molecule has 1 aliphatic rings. The maximum absolute atomic E-state index is 13.9. The lowest BCUT2D eigenvalue weighted by atomic mass is 10.1. The molecule has 1 aliphatic heterocycles. The first-order valence-corrected chi connectivity index (χ1v) is 10.3. The Morgan fingerprint density at radius 1 is 1.06 bits per heavy atom. The highest BCUT2D eigenvalue weighted by Crippen LogP contribution is 2.31. The Bertz CT molecular complexity index is 1200. The van der Waals surface area contributed by atoms with Gasteiger partial charge in [0.05, 0.1) is 29.2 Å². The molecular weight excluding hydrogens is 433 g/mol. The smallest absolute Gasteiger partial charge is 0.274 e. The van der Waals surface area contributed by atoms with Gasteiger partial charge in [0.15, 0.2) is 11.6 Å². The third-order valence-corrected chi connectivity index (χ3v) is 5.30. The zero-order valence-corrected chi connectivity index (χ0v) is 17.4. The molecular formula is C24H19F3N4O2. The van der Waals surface area contributed by atoms with E-state index in [4.69, 9.17) is 4.74 Å². The van der Waals surface area contributed by atoms with E-state index in [0.717, 1.165) is 24.4 Å². The average molecular weight is 452 g/mol. The first-order chi connectivity index (χ1) is 15.9.